The van der Waals surface area contributed by atoms with Crippen LogP contribution in [0.15, 0.2) is 58.3 Å². The van der Waals surface area contributed by atoms with E-state index in [9.17, 15) is 0 Å². The second-order valence-corrected chi connectivity index (χ2v) is 6.60. The van der Waals surface area contributed by atoms with Crippen LogP contribution in [-0.4, -0.2) is 31.6 Å². The maximum atomic E-state index is 2.47. The lowest BCUT2D eigenvalue weighted by molar-refractivity contribution is 0.380. The van der Waals surface area contributed by atoms with Gasteiger partial charge in [-0.05, 0) is 45.3 Å². The molecule has 0 aliphatic carbocycles. The van der Waals surface area contributed by atoms with Gasteiger partial charge in [0.1, 0.15) is 0 Å². The third kappa shape index (κ3) is 2.43. The van der Waals surface area contributed by atoms with Gasteiger partial charge in [0.15, 0.2) is 0 Å². The van der Waals surface area contributed by atoms with E-state index in [0.29, 0.717) is 6.04 Å². The minimum Gasteiger partial charge on any atom is -0.335 e. The summed E-state index contributed by atoms with van der Waals surface area (Å²) in [4.78, 5) is 7.41. The highest BCUT2D eigenvalue weighted by molar-refractivity contribution is 7.99. The van der Waals surface area contributed by atoms with Crippen LogP contribution < -0.4 is 4.90 Å². The Morgan fingerprint density at radius 3 is 1.95 bits per heavy atom. The van der Waals surface area contributed by atoms with Crippen molar-refractivity contribution < 1.29 is 0 Å². The highest BCUT2D eigenvalue weighted by Gasteiger charge is 2.26. The Balaban J connectivity index is 2.07. The highest BCUT2D eigenvalue weighted by Crippen LogP contribution is 2.48. The number of anilines is 2. The molecule has 1 heterocycles. The van der Waals surface area contributed by atoms with Crippen LogP contribution in [-0.2, 0) is 0 Å². The SMILES string of the molecule is C[C@@H](CN(C)C)N1c2ccccc2Sc2ccccc21. The second kappa shape index (κ2) is 5.51. The van der Waals surface area contributed by atoms with Crippen LogP contribution in [0.25, 0.3) is 0 Å². The number of hydrogen-bond donors (Lipinski definition) is 0. The van der Waals surface area contributed by atoms with E-state index in [2.05, 4.69) is 79.3 Å². The van der Waals surface area contributed by atoms with E-state index in [1.54, 1.807) is 0 Å². The average Bonchev–Trinajstić information content (AvgIpc) is 2.43. The first-order valence-corrected chi connectivity index (χ1v) is 7.78. The average molecular weight is 284 g/mol. The molecule has 104 valence electrons. The predicted molar refractivity (Wildman–Crippen MR) is 87.2 cm³/mol. The van der Waals surface area contributed by atoms with Gasteiger partial charge in [-0.1, -0.05) is 36.0 Å². The molecule has 0 saturated heterocycles. The number of benzene rings is 2. The summed E-state index contributed by atoms with van der Waals surface area (Å²) in [6.45, 7) is 3.33. The van der Waals surface area contributed by atoms with Crippen LogP contribution in [0.1, 0.15) is 6.92 Å². The molecule has 1 aliphatic rings. The summed E-state index contributed by atoms with van der Waals surface area (Å²) in [6.07, 6.45) is 0. The van der Waals surface area contributed by atoms with E-state index >= 15 is 0 Å². The van der Waals surface area contributed by atoms with E-state index < -0.39 is 0 Å². The summed E-state index contributed by atoms with van der Waals surface area (Å²) in [5, 5.41) is 0. The fourth-order valence-corrected chi connectivity index (χ4v) is 3.89. The van der Waals surface area contributed by atoms with Gasteiger partial charge in [0.05, 0.1) is 11.4 Å². The van der Waals surface area contributed by atoms with Crippen LogP contribution in [0.2, 0.25) is 0 Å². The minimum atomic E-state index is 0.438. The molecule has 1 aliphatic heterocycles. The van der Waals surface area contributed by atoms with E-state index in [4.69, 9.17) is 0 Å². The van der Waals surface area contributed by atoms with E-state index in [0.717, 1.165) is 6.54 Å². The van der Waals surface area contributed by atoms with Gasteiger partial charge in [0, 0.05) is 22.4 Å². The fourth-order valence-electron chi connectivity index (χ4n) is 2.82. The third-order valence-electron chi connectivity index (χ3n) is 3.54. The lowest BCUT2D eigenvalue weighted by atomic mass is 10.1. The van der Waals surface area contributed by atoms with Gasteiger partial charge >= 0.3 is 0 Å². The third-order valence-corrected chi connectivity index (χ3v) is 4.67. The quantitative estimate of drug-likeness (QED) is 0.832. The molecule has 20 heavy (non-hydrogen) atoms. The largest absolute Gasteiger partial charge is 0.335 e. The first-order valence-electron chi connectivity index (χ1n) is 6.96. The van der Waals surface area contributed by atoms with Gasteiger partial charge < -0.3 is 9.80 Å². The lowest BCUT2D eigenvalue weighted by Gasteiger charge is -2.38. The summed E-state index contributed by atoms with van der Waals surface area (Å²) >= 11 is 1.87. The zero-order valence-electron chi connectivity index (χ0n) is 12.2. The first-order chi connectivity index (χ1) is 9.66. The van der Waals surface area contributed by atoms with Crippen molar-refractivity contribution in [1.29, 1.82) is 0 Å². The lowest BCUT2D eigenvalue weighted by Crippen LogP contribution is -2.38. The molecule has 0 fully saturated rings. The van der Waals surface area contributed by atoms with E-state index in [1.165, 1.54) is 21.2 Å². The van der Waals surface area contributed by atoms with Crippen molar-refractivity contribution in [1.82, 2.24) is 4.90 Å². The molecule has 0 bridgehead atoms. The zero-order chi connectivity index (χ0) is 14.1. The Hall–Kier alpha value is -1.45. The Kier molecular flexibility index (Phi) is 3.72. The molecule has 0 spiro atoms. The summed E-state index contributed by atoms with van der Waals surface area (Å²) in [7, 11) is 4.26. The van der Waals surface area contributed by atoms with Crippen LogP contribution in [0, 0.1) is 0 Å². The van der Waals surface area contributed by atoms with Gasteiger partial charge in [0.25, 0.3) is 0 Å². The molecule has 2 aromatic carbocycles. The van der Waals surface area contributed by atoms with Crippen molar-refractivity contribution in [2.45, 2.75) is 22.8 Å². The molecule has 1 atom stereocenters. The highest BCUT2D eigenvalue weighted by atomic mass is 32.2. The Labute approximate surface area is 125 Å². The molecular formula is C17H20N2S. The van der Waals surface area contributed by atoms with Crippen LogP contribution in [0.3, 0.4) is 0 Å². The van der Waals surface area contributed by atoms with Crippen LogP contribution >= 0.6 is 11.8 Å². The van der Waals surface area contributed by atoms with Crippen molar-refractivity contribution >= 4 is 23.1 Å². The Morgan fingerprint density at radius 1 is 0.950 bits per heavy atom. The molecule has 3 heteroatoms. The van der Waals surface area contributed by atoms with Gasteiger partial charge in [-0.3, -0.25) is 0 Å². The van der Waals surface area contributed by atoms with Gasteiger partial charge in [-0.15, -0.1) is 0 Å². The standard InChI is InChI=1S/C17H20N2S/c1-13(12-18(2)3)19-14-8-4-6-10-16(14)20-17-11-7-5-9-15(17)19/h4-11,13H,12H2,1-3H3/t13-/m0/s1. The maximum Gasteiger partial charge on any atom is 0.0555 e. The molecule has 2 aromatic rings. The zero-order valence-corrected chi connectivity index (χ0v) is 13.0. The number of para-hydroxylation sites is 2. The molecule has 0 N–H and O–H groups in total. The fraction of sp³-hybridized carbons (Fsp3) is 0.294. The van der Waals surface area contributed by atoms with Crippen molar-refractivity contribution in [2.24, 2.45) is 0 Å². The summed E-state index contributed by atoms with van der Waals surface area (Å²) in [5.74, 6) is 0. The predicted octanol–water partition coefficient (Wildman–Crippen LogP) is 4.24. The Bertz CT molecular complexity index is 564. The summed E-state index contributed by atoms with van der Waals surface area (Å²) < 4.78 is 0. The topological polar surface area (TPSA) is 6.48 Å². The number of likely N-dealkylation sites (N-methyl/N-ethyl adjacent to an activating group) is 1. The number of nitrogens with zero attached hydrogens (tertiary/aromatic N) is 2. The molecule has 0 unspecified atom stereocenters. The van der Waals surface area contributed by atoms with Crippen molar-refractivity contribution in [3.8, 4) is 0 Å². The molecule has 0 aromatic heterocycles. The molecule has 0 saturated carbocycles. The molecule has 2 nitrogen and oxygen atoms in total. The van der Waals surface area contributed by atoms with E-state index in [-0.39, 0.29) is 0 Å². The first kappa shape index (κ1) is 13.5. The number of rotatable bonds is 3. The molecular weight excluding hydrogens is 264 g/mol. The monoisotopic (exact) mass is 284 g/mol. The van der Waals surface area contributed by atoms with Gasteiger partial charge in [-0.2, -0.15) is 0 Å². The van der Waals surface area contributed by atoms with Crippen LogP contribution in [0.5, 0.6) is 0 Å². The smallest absolute Gasteiger partial charge is 0.0555 e. The molecule has 0 amide bonds. The maximum absolute atomic E-state index is 2.47. The van der Waals surface area contributed by atoms with Crippen LogP contribution in [0.4, 0.5) is 11.4 Å². The van der Waals surface area contributed by atoms with Gasteiger partial charge in [-0.25, -0.2) is 0 Å². The van der Waals surface area contributed by atoms with Crippen molar-refractivity contribution in [3.05, 3.63) is 48.5 Å². The number of fused-ring (bicyclic) bond motifs is 2. The minimum absolute atomic E-state index is 0.438. The van der Waals surface area contributed by atoms with Crippen molar-refractivity contribution in [3.63, 3.8) is 0 Å². The van der Waals surface area contributed by atoms with Gasteiger partial charge in [0.2, 0.25) is 0 Å². The molecule has 3 rings (SSSR count). The Morgan fingerprint density at radius 2 is 1.45 bits per heavy atom. The summed E-state index contributed by atoms with van der Waals surface area (Å²) in [6, 6.07) is 17.8. The summed E-state index contributed by atoms with van der Waals surface area (Å²) in [5.41, 5.74) is 2.65. The van der Waals surface area contributed by atoms with Crippen molar-refractivity contribution in [2.75, 3.05) is 25.5 Å². The second-order valence-electron chi connectivity index (χ2n) is 5.52. The molecule has 0 radical (unpaired) electrons. The van der Waals surface area contributed by atoms with E-state index in [1.807, 2.05) is 11.8 Å². The normalized spacial score (nSPS) is 14.9. The number of hydrogen-bond acceptors (Lipinski definition) is 3.